The molecular formula is C13H13IN4O. The van der Waals surface area contributed by atoms with Crippen molar-refractivity contribution in [2.75, 3.05) is 5.73 Å². The van der Waals surface area contributed by atoms with Gasteiger partial charge in [-0.25, -0.2) is 0 Å². The van der Waals surface area contributed by atoms with Gasteiger partial charge in [0.05, 0.1) is 27.1 Å². The molecule has 0 unspecified atom stereocenters. The monoisotopic (exact) mass is 368 g/mol. The Bertz CT molecular complexity index is 607. The van der Waals surface area contributed by atoms with Gasteiger partial charge in [-0.05, 0) is 41.6 Å². The van der Waals surface area contributed by atoms with Gasteiger partial charge < -0.3 is 10.5 Å². The van der Waals surface area contributed by atoms with Gasteiger partial charge in [0, 0.05) is 18.3 Å². The molecule has 2 aromatic rings. The largest absolute Gasteiger partial charge is 0.486 e. The van der Waals surface area contributed by atoms with Crippen molar-refractivity contribution in [2.24, 2.45) is 0 Å². The zero-order valence-electron chi connectivity index (χ0n) is 10.4. The van der Waals surface area contributed by atoms with Crippen molar-refractivity contribution in [1.29, 1.82) is 5.26 Å². The molecule has 1 heterocycles. The van der Waals surface area contributed by atoms with Gasteiger partial charge in [0.1, 0.15) is 6.61 Å². The molecule has 0 aliphatic heterocycles. The summed E-state index contributed by atoms with van der Waals surface area (Å²) in [6, 6.07) is 5.44. The third kappa shape index (κ3) is 3.17. The molecule has 1 aromatic heterocycles. The van der Waals surface area contributed by atoms with Crippen LogP contribution >= 0.6 is 22.6 Å². The van der Waals surface area contributed by atoms with Crippen LogP contribution in [0.25, 0.3) is 0 Å². The lowest BCUT2D eigenvalue weighted by atomic mass is 10.2. The average Bonchev–Trinajstić information content (AvgIpc) is 2.85. The number of halogens is 1. The highest BCUT2D eigenvalue weighted by Gasteiger charge is 2.09. The van der Waals surface area contributed by atoms with E-state index in [4.69, 9.17) is 15.7 Å². The molecule has 0 aliphatic carbocycles. The van der Waals surface area contributed by atoms with Crippen LogP contribution in [0, 0.1) is 14.9 Å². The maximum Gasteiger partial charge on any atom is 0.156 e. The van der Waals surface area contributed by atoms with E-state index in [2.05, 4.69) is 33.8 Å². The molecule has 0 fully saturated rings. The van der Waals surface area contributed by atoms with Crippen molar-refractivity contribution in [3.63, 3.8) is 0 Å². The third-order valence-electron chi connectivity index (χ3n) is 2.60. The molecule has 0 bridgehead atoms. The van der Waals surface area contributed by atoms with E-state index < -0.39 is 0 Å². The van der Waals surface area contributed by atoms with E-state index in [1.165, 1.54) is 0 Å². The zero-order chi connectivity index (χ0) is 13.8. The highest BCUT2D eigenvalue weighted by atomic mass is 127. The second kappa shape index (κ2) is 5.93. The Morgan fingerprint density at radius 1 is 1.53 bits per heavy atom. The van der Waals surface area contributed by atoms with Gasteiger partial charge in [0.15, 0.2) is 5.75 Å². The number of anilines is 1. The molecule has 0 spiro atoms. The smallest absolute Gasteiger partial charge is 0.156 e. The first kappa shape index (κ1) is 13.7. The Labute approximate surface area is 125 Å². The van der Waals surface area contributed by atoms with Crippen LogP contribution in [-0.2, 0) is 13.2 Å². The van der Waals surface area contributed by atoms with Gasteiger partial charge in [0.25, 0.3) is 0 Å². The molecule has 6 heteroatoms. The van der Waals surface area contributed by atoms with Crippen LogP contribution in [0.1, 0.15) is 18.1 Å². The van der Waals surface area contributed by atoms with E-state index in [-0.39, 0.29) is 0 Å². The summed E-state index contributed by atoms with van der Waals surface area (Å²) >= 11 is 2.11. The van der Waals surface area contributed by atoms with Crippen LogP contribution in [0.5, 0.6) is 5.75 Å². The third-order valence-corrected chi connectivity index (χ3v) is 3.40. The molecule has 1 aromatic carbocycles. The number of benzene rings is 1. The lowest BCUT2D eigenvalue weighted by Crippen LogP contribution is -2.01. The molecule has 2 N–H and O–H groups in total. The van der Waals surface area contributed by atoms with Crippen LogP contribution in [0.15, 0.2) is 24.5 Å². The predicted octanol–water partition coefficient (Wildman–Crippen LogP) is 2.54. The number of nitrogens with two attached hydrogens (primary N) is 1. The van der Waals surface area contributed by atoms with Gasteiger partial charge in [-0.15, -0.1) is 0 Å². The number of hydrogen-bond acceptors (Lipinski definition) is 4. The fourth-order valence-electron chi connectivity index (χ4n) is 1.64. The van der Waals surface area contributed by atoms with Crippen molar-refractivity contribution in [1.82, 2.24) is 9.78 Å². The van der Waals surface area contributed by atoms with Crippen LogP contribution in [0.4, 0.5) is 5.69 Å². The van der Waals surface area contributed by atoms with Gasteiger partial charge in [-0.2, -0.15) is 10.4 Å². The minimum atomic E-state index is 0.409. The number of rotatable bonds is 4. The summed E-state index contributed by atoms with van der Waals surface area (Å²) in [4.78, 5) is 0. The molecular weight excluding hydrogens is 355 g/mol. The molecule has 0 aliphatic rings. The standard InChI is InChI=1S/C13H13IN4O/c1-2-18-7-10(6-17-18)8-19-13-11(14)3-9(5-15)4-12(13)16/h3-4,6-7H,2,8,16H2,1H3. The Balaban J connectivity index is 2.13. The highest BCUT2D eigenvalue weighted by Crippen LogP contribution is 2.30. The predicted molar refractivity (Wildman–Crippen MR) is 80.5 cm³/mol. The maximum atomic E-state index is 8.85. The number of aromatic nitrogens is 2. The van der Waals surface area contributed by atoms with E-state index in [0.29, 0.717) is 23.6 Å². The summed E-state index contributed by atoms with van der Waals surface area (Å²) in [5, 5.41) is 13.0. The lowest BCUT2D eigenvalue weighted by molar-refractivity contribution is 0.305. The van der Waals surface area contributed by atoms with Crippen molar-refractivity contribution >= 4 is 28.3 Å². The van der Waals surface area contributed by atoms with Gasteiger partial charge >= 0.3 is 0 Å². The number of hydrogen-bond donors (Lipinski definition) is 1. The number of nitrogen functional groups attached to an aromatic ring is 1. The summed E-state index contributed by atoms with van der Waals surface area (Å²) in [6.07, 6.45) is 3.71. The summed E-state index contributed by atoms with van der Waals surface area (Å²) in [5.41, 5.74) is 7.89. The number of aryl methyl sites for hydroxylation is 1. The van der Waals surface area contributed by atoms with E-state index in [1.807, 2.05) is 17.8 Å². The minimum absolute atomic E-state index is 0.409. The SMILES string of the molecule is CCn1cc(COc2c(N)cc(C#N)cc2I)cn1. The van der Waals surface area contributed by atoms with E-state index in [9.17, 15) is 0 Å². The van der Waals surface area contributed by atoms with Crippen LogP contribution in [0.3, 0.4) is 0 Å². The van der Waals surface area contributed by atoms with Crippen LogP contribution in [0.2, 0.25) is 0 Å². The van der Waals surface area contributed by atoms with Gasteiger partial charge in [0.2, 0.25) is 0 Å². The fraction of sp³-hybridized carbons (Fsp3) is 0.231. The second-order valence-corrected chi connectivity index (χ2v) is 5.14. The molecule has 19 heavy (non-hydrogen) atoms. The van der Waals surface area contributed by atoms with Crippen LogP contribution < -0.4 is 10.5 Å². The Morgan fingerprint density at radius 3 is 2.89 bits per heavy atom. The molecule has 5 nitrogen and oxygen atoms in total. The van der Waals surface area contributed by atoms with Gasteiger partial charge in [-0.3, -0.25) is 4.68 Å². The van der Waals surface area contributed by atoms with Gasteiger partial charge in [-0.1, -0.05) is 0 Å². The summed E-state index contributed by atoms with van der Waals surface area (Å²) < 4.78 is 8.39. The Morgan fingerprint density at radius 2 is 2.32 bits per heavy atom. The first-order valence-electron chi connectivity index (χ1n) is 5.77. The maximum absolute atomic E-state index is 8.85. The zero-order valence-corrected chi connectivity index (χ0v) is 12.6. The summed E-state index contributed by atoms with van der Waals surface area (Å²) in [5.74, 6) is 0.615. The molecule has 0 radical (unpaired) electrons. The molecule has 2 rings (SSSR count). The van der Waals surface area contributed by atoms with E-state index >= 15 is 0 Å². The molecule has 0 atom stereocenters. The van der Waals surface area contributed by atoms with E-state index in [0.717, 1.165) is 15.7 Å². The normalized spacial score (nSPS) is 10.2. The quantitative estimate of drug-likeness (QED) is 0.665. The number of ether oxygens (including phenoxy) is 1. The molecule has 0 amide bonds. The number of nitriles is 1. The summed E-state index contributed by atoms with van der Waals surface area (Å²) in [6.45, 7) is 3.27. The summed E-state index contributed by atoms with van der Waals surface area (Å²) in [7, 11) is 0. The Hall–Kier alpha value is -1.75. The minimum Gasteiger partial charge on any atom is -0.486 e. The average molecular weight is 368 g/mol. The fourth-order valence-corrected chi connectivity index (χ4v) is 2.44. The first-order valence-corrected chi connectivity index (χ1v) is 6.85. The molecule has 0 saturated heterocycles. The van der Waals surface area contributed by atoms with Crippen molar-refractivity contribution in [2.45, 2.75) is 20.1 Å². The lowest BCUT2D eigenvalue weighted by Gasteiger charge is -2.10. The Kier molecular flexibility index (Phi) is 4.27. The topological polar surface area (TPSA) is 76.9 Å². The number of nitrogens with zero attached hydrogens (tertiary/aromatic N) is 3. The highest BCUT2D eigenvalue weighted by molar-refractivity contribution is 14.1. The van der Waals surface area contributed by atoms with Crippen molar-refractivity contribution < 1.29 is 4.74 Å². The first-order chi connectivity index (χ1) is 9.13. The second-order valence-electron chi connectivity index (χ2n) is 3.98. The van der Waals surface area contributed by atoms with Crippen molar-refractivity contribution in [3.05, 3.63) is 39.2 Å². The molecule has 98 valence electrons. The van der Waals surface area contributed by atoms with Crippen LogP contribution in [-0.4, -0.2) is 9.78 Å². The van der Waals surface area contributed by atoms with E-state index in [1.54, 1.807) is 18.3 Å². The van der Waals surface area contributed by atoms with Crippen molar-refractivity contribution in [3.8, 4) is 11.8 Å². The molecule has 0 saturated carbocycles.